The number of hydrogen-bond donors (Lipinski definition) is 0. The summed E-state index contributed by atoms with van der Waals surface area (Å²) in [5.41, 5.74) is 1.22. The van der Waals surface area contributed by atoms with Crippen molar-refractivity contribution in [2.24, 2.45) is 0 Å². The van der Waals surface area contributed by atoms with Crippen LogP contribution in [0, 0.1) is 0 Å². The highest BCUT2D eigenvalue weighted by molar-refractivity contribution is 6.50. The summed E-state index contributed by atoms with van der Waals surface area (Å²) in [5.74, 6) is 0. The molecule has 0 saturated carbocycles. The van der Waals surface area contributed by atoms with Crippen molar-refractivity contribution in [1.29, 1.82) is 0 Å². The van der Waals surface area contributed by atoms with Crippen LogP contribution in [0.15, 0.2) is 28.7 Å². The lowest BCUT2D eigenvalue weighted by molar-refractivity contribution is 0.669. The molecule has 0 amide bonds. The molecule has 3 rings (SSSR count). The zero-order valence-corrected chi connectivity index (χ0v) is 11.3. The Morgan fingerprint density at radius 3 is 2.35 bits per heavy atom. The Morgan fingerprint density at radius 1 is 0.824 bits per heavy atom. The van der Waals surface area contributed by atoms with Crippen molar-refractivity contribution in [3.8, 4) is 0 Å². The monoisotopic (exact) mass is 304 g/mol. The van der Waals surface area contributed by atoms with Gasteiger partial charge in [-0.2, -0.15) is 0 Å². The van der Waals surface area contributed by atoms with Crippen molar-refractivity contribution in [2.75, 3.05) is 0 Å². The third-order valence-electron chi connectivity index (χ3n) is 2.56. The molecule has 3 aromatic rings. The van der Waals surface area contributed by atoms with Crippen LogP contribution in [0.2, 0.25) is 20.1 Å². The zero-order chi connectivity index (χ0) is 12.2. The van der Waals surface area contributed by atoms with Crippen molar-refractivity contribution in [3.63, 3.8) is 0 Å². The fourth-order valence-corrected chi connectivity index (χ4v) is 2.60. The molecule has 0 unspecified atom stereocenters. The molecule has 1 aromatic heterocycles. The predicted octanol–water partition coefficient (Wildman–Crippen LogP) is 6.20. The van der Waals surface area contributed by atoms with Gasteiger partial charge in [-0.15, -0.1) is 0 Å². The minimum Gasteiger partial charge on any atom is -0.454 e. The van der Waals surface area contributed by atoms with Gasteiger partial charge in [0.05, 0.1) is 10.0 Å². The largest absolute Gasteiger partial charge is 0.454 e. The number of halogens is 4. The summed E-state index contributed by atoms with van der Waals surface area (Å²) < 4.78 is 5.64. The predicted molar refractivity (Wildman–Crippen MR) is 73.8 cm³/mol. The van der Waals surface area contributed by atoms with Gasteiger partial charge in [-0.1, -0.05) is 46.4 Å². The molecule has 0 N–H and O–H groups in total. The minimum absolute atomic E-state index is 0.297. The first-order valence-corrected chi connectivity index (χ1v) is 6.24. The molecule has 5 heteroatoms. The number of benzene rings is 2. The first-order chi connectivity index (χ1) is 8.08. The van der Waals surface area contributed by atoms with Gasteiger partial charge < -0.3 is 4.42 Å². The summed E-state index contributed by atoms with van der Waals surface area (Å²) in [6.45, 7) is 0. The van der Waals surface area contributed by atoms with Crippen molar-refractivity contribution >= 4 is 68.3 Å². The van der Waals surface area contributed by atoms with E-state index >= 15 is 0 Å². The average Bonchev–Trinajstić information content (AvgIpc) is 2.65. The fraction of sp³-hybridized carbons (Fsp3) is 0. The SMILES string of the molecule is Clc1ccc2oc3c(Cl)c(Cl)c(Cl)cc3c2c1. The van der Waals surface area contributed by atoms with Crippen molar-refractivity contribution < 1.29 is 4.42 Å². The maximum atomic E-state index is 6.10. The van der Waals surface area contributed by atoms with Crippen LogP contribution >= 0.6 is 46.4 Å². The first kappa shape index (κ1) is 11.5. The second-order valence-corrected chi connectivity index (χ2v) is 5.21. The van der Waals surface area contributed by atoms with Gasteiger partial charge in [0, 0.05) is 15.8 Å². The molecule has 0 fully saturated rings. The molecular formula is C12H4Cl4O. The van der Waals surface area contributed by atoms with E-state index < -0.39 is 0 Å². The topological polar surface area (TPSA) is 13.1 Å². The van der Waals surface area contributed by atoms with E-state index in [0.717, 1.165) is 10.8 Å². The molecular weight excluding hydrogens is 302 g/mol. The lowest BCUT2D eigenvalue weighted by atomic mass is 10.1. The van der Waals surface area contributed by atoms with E-state index in [-0.39, 0.29) is 0 Å². The first-order valence-electron chi connectivity index (χ1n) is 4.73. The smallest absolute Gasteiger partial charge is 0.155 e. The van der Waals surface area contributed by atoms with Gasteiger partial charge in [-0.3, -0.25) is 0 Å². The van der Waals surface area contributed by atoms with E-state index in [2.05, 4.69) is 0 Å². The fourth-order valence-electron chi connectivity index (χ4n) is 1.79. The summed E-state index contributed by atoms with van der Waals surface area (Å²) in [5, 5.41) is 3.32. The molecule has 0 aliphatic carbocycles. The number of rotatable bonds is 0. The van der Waals surface area contributed by atoms with E-state index in [1.807, 2.05) is 6.07 Å². The van der Waals surface area contributed by atoms with E-state index in [4.69, 9.17) is 50.8 Å². The van der Waals surface area contributed by atoms with Crippen LogP contribution in [-0.2, 0) is 0 Å². The Bertz CT molecular complexity index is 745. The van der Waals surface area contributed by atoms with Crippen LogP contribution in [0.4, 0.5) is 0 Å². The van der Waals surface area contributed by atoms with Gasteiger partial charge in [0.2, 0.25) is 0 Å². The highest BCUT2D eigenvalue weighted by atomic mass is 35.5. The molecule has 0 aliphatic heterocycles. The van der Waals surface area contributed by atoms with E-state index in [1.54, 1.807) is 18.2 Å². The number of furan rings is 1. The Morgan fingerprint density at radius 2 is 1.59 bits per heavy atom. The summed E-state index contributed by atoms with van der Waals surface area (Å²) in [4.78, 5) is 0. The van der Waals surface area contributed by atoms with E-state index in [1.165, 1.54) is 0 Å². The highest BCUT2D eigenvalue weighted by Crippen LogP contribution is 2.41. The summed E-state index contributed by atoms with van der Waals surface area (Å²) >= 11 is 24.0. The quantitative estimate of drug-likeness (QED) is 0.451. The van der Waals surface area contributed by atoms with Gasteiger partial charge in [-0.05, 0) is 24.3 Å². The summed E-state index contributed by atoms with van der Waals surface area (Å²) in [6, 6.07) is 7.08. The van der Waals surface area contributed by atoms with Gasteiger partial charge in [0.15, 0.2) is 5.58 Å². The Hall–Kier alpha value is -0.600. The Kier molecular flexibility index (Phi) is 2.68. The third kappa shape index (κ3) is 1.69. The Balaban J connectivity index is 2.57. The molecule has 0 atom stereocenters. The molecule has 0 spiro atoms. The molecule has 86 valence electrons. The van der Waals surface area contributed by atoms with Crippen LogP contribution in [0.3, 0.4) is 0 Å². The van der Waals surface area contributed by atoms with E-state index in [0.29, 0.717) is 31.3 Å². The van der Waals surface area contributed by atoms with Crippen molar-refractivity contribution in [2.45, 2.75) is 0 Å². The molecule has 1 heterocycles. The van der Waals surface area contributed by atoms with Gasteiger partial charge >= 0.3 is 0 Å². The van der Waals surface area contributed by atoms with Gasteiger partial charge in [-0.25, -0.2) is 0 Å². The maximum absolute atomic E-state index is 6.10. The lowest BCUT2D eigenvalue weighted by Gasteiger charge is -1.99. The molecule has 0 bridgehead atoms. The van der Waals surface area contributed by atoms with Crippen LogP contribution < -0.4 is 0 Å². The molecule has 2 aromatic carbocycles. The third-order valence-corrected chi connectivity index (χ3v) is 4.04. The van der Waals surface area contributed by atoms with Crippen LogP contribution in [0.25, 0.3) is 21.9 Å². The molecule has 1 nitrogen and oxygen atoms in total. The molecule has 0 radical (unpaired) electrons. The van der Waals surface area contributed by atoms with Crippen molar-refractivity contribution in [1.82, 2.24) is 0 Å². The normalized spacial score (nSPS) is 11.5. The summed E-state index contributed by atoms with van der Waals surface area (Å²) in [7, 11) is 0. The lowest BCUT2D eigenvalue weighted by Crippen LogP contribution is -1.73. The molecule has 17 heavy (non-hydrogen) atoms. The zero-order valence-electron chi connectivity index (χ0n) is 8.23. The van der Waals surface area contributed by atoms with Gasteiger partial charge in [0.1, 0.15) is 10.6 Å². The van der Waals surface area contributed by atoms with Crippen LogP contribution in [0.1, 0.15) is 0 Å². The van der Waals surface area contributed by atoms with Crippen molar-refractivity contribution in [3.05, 3.63) is 44.4 Å². The number of hydrogen-bond acceptors (Lipinski definition) is 1. The van der Waals surface area contributed by atoms with E-state index in [9.17, 15) is 0 Å². The highest BCUT2D eigenvalue weighted by Gasteiger charge is 2.15. The Labute approximate surface area is 117 Å². The number of fused-ring (bicyclic) bond motifs is 3. The van der Waals surface area contributed by atoms with Crippen LogP contribution in [-0.4, -0.2) is 0 Å². The second kappa shape index (κ2) is 3.96. The second-order valence-electron chi connectivity index (χ2n) is 3.61. The minimum atomic E-state index is 0.297. The average molecular weight is 306 g/mol. The molecule has 0 aliphatic rings. The maximum Gasteiger partial charge on any atom is 0.155 e. The standard InChI is InChI=1S/C12H4Cl4O/c13-5-1-2-9-6(3-5)7-4-8(14)10(15)11(16)12(7)17-9/h1-4H. The van der Waals surface area contributed by atoms with Gasteiger partial charge in [0.25, 0.3) is 0 Å². The molecule has 0 saturated heterocycles. The summed E-state index contributed by atoms with van der Waals surface area (Å²) in [6.07, 6.45) is 0. The van der Waals surface area contributed by atoms with Crippen LogP contribution in [0.5, 0.6) is 0 Å².